The zero-order valence-electron chi connectivity index (χ0n) is 10.6. The van der Waals surface area contributed by atoms with E-state index in [0.29, 0.717) is 11.6 Å². The monoisotopic (exact) mass is 277 g/mol. The van der Waals surface area contributed by atoms with Gasteiger partial charge in [0.15, 0.2) is 0 Å². The Morgan fingerprint density at radius 2 is 2.00 bits per heavy atom. The molecule has 5 heteroatoms. The summed E-state index contributed by atoms with van der Waals surface area (Å²) < 4.78 is 0. The Balaban J connectivity index is 1.90. The smallest absolute Gasteiger partial charge is 0.0914 e. The molecule has 2 N–H and O–H groups in total. The molecule has 2 unspecified atom stereocenters. The average Bonchev–Trinajstić information content (AvgIpc) is 2.46. The van der Waals surface area contributed by atoms with Crippen LogP contribution in [0.5, 0.6) is 0 Å². The molecule has 0 aliphatic heterocycles. The molecule has 0 aliphatic rings. The minimum atomic E-state index is -0.573. The SMILES string of the molecule is CC(NCC(O)c1ccc(Cl)cc1)c1cnccn1. The number of rotatable bonds is 5. The van der Waals surface area contributed by atoms with Crippen LogP contribution in [0, 0.1) is 0 Å². The molecule has 19 heavy (non-hydrogen) atoms. The molecule has 1 heterocycles. The van der Waals surface area contributed by atoms with Crippen molar-refractivity contribution in [1.29, 1.82) is 0 Å². The normalized spacial score (nSPS) is 14.1. The van der Waals surface area contributed by atoms with Gasteiger partial charge in [0, 0.05) is 36.2 Å². The molecule has 2 rings (SSSR count). The van der Waals surface area contributed by atoms with Gasteiger partial charge in [-0.1, -0.05) is 23.7 Å². The van der Waals surface area contributed by atoms with Crippen LogP contribution in [0.2, 0.25) is 5.02 Å². The van der Waals surface area contributed by atoms with Crippen molar-refractivity contribution >= 4 is 11.6 Å². The lowest BCUT2D eigenvalue weighted by molar-refractivity contribution is 0.170. The first-order valence-corrected chi connectivity index (χ1v) is 6.47. The maximum atomic E-state index is 10.1. The molecule has 0 radical (unpaired) electrons. The van der Waals surface area contributed by atoms with Gasteiger partial charge in [0.2, 0.25) is 0 Å². The van der Waals surface area contributed by atoms with Gasteiger partial charge in [-0.3, -0.25) is 9.97 Å². The second kappa shape index (κ2) is 6.61. The highest BCUT2D eigenvalue weighted by Gasteiger charge is 2.11. The third kappa shape index (κ3) is 3.99. The molecular weight excluding hydrogens is 262 g/mol. The van der Waals surface area contributed by atoms with Crippen LogP contribution < -0.4 is 5.32 Å². The topological polar surface area (TPSA) is 58.0 Å². The molecule has 1 aromatic heterocycles. The Kier molecular flexibility index (Phi) is 4.85. The molecule has 0 aliphatic carbocycles. The molecule has 2 aromatic rings. The molecule has 100 valence electrons. The van der Waals surface area contributed by atoms with E-state index in [9.17, 15) is 5.11 Å². The second-order valence-corrected chi connectivity index (χ2v) is 4.76. The van der Waals surface area contributed by atoms with Gasteiger partial charge in [0.1, 0.15) is 0 Å². The van der Waals surface area contributed by atoms with Crippen molar-refractivity contribution < 1.29 is 5.11 Å². The van der Waals surface area contributed by atoms with Crippen molar-refractivity contribution in [3.63, 3.8) is 0 Å². The van der Waals surface area contributed by atoms with Crippen LogP contribution in [0.4, 0.5) is 0 Å². The summed E-state index contributed by atoms with van der Waals surface area (Å²) in [4.78, 5) is 8.24. The van der Waals surface area contributed by atoms with E-state index in [1.807, 2.05) is 19.1 Å². The minimum Gasteiger partial charge on any atom is -0.387 e. The average molecular weight is 278 g/mol. The van der Waals surface area contributed by atoms with Gasteiger partial charge in [-0.15, -0.1) is 0 Å². The fourth-order valence-corrected chi connectivity index (χ4v) is 1.86. The van der Waals surface area contributed by atoms with Crippen LogP contribution >= 0.6 is 11.6 Å². The Morgan fingerprint density at radius 3 is 2.63 bits per heavy atom. The Bertz CT molecular complexity index is 504. The van der Waals surface area contributed by atoms with Crippen LogP contribution in [-0.4, -0.2) is 21.6 Å². The molecule has 1 aromatic carbocycles. The Hall–Kier alpha value is -1.49. The van der Waals surface area contributed by atoms with Gasteiger partial charge < -0.3 is 10.4 Å². The van der Waals surface area contributed by atoms with E-state index in [1.54, 1.807) is 30.7 Å². The van der Waals surface area contributed by atoms with E-state index >= 15 is 0 Å². The standard InChI is InChI=1S/C14H16ClN3O/c1-10(13-8-16-6-7-17-13)18-9-14(19)11-2-4-12(15)5-3-11/h2-8,10,14,18-19H,9H2,1H3. The van der Waals surface area contributed by atoms with E-state index in [2.05, 4.69) is 15.3 Å². The number of hydrogen-bond donors (Lipinski definition) is 2. The number of nitrogens with one attached hydrogen (secondary N) is 1. The number of aliphatic hydroxyl groups excluding tert-OH is 1. The maximum Gasteiger partial charge on any atom is 0.0914 e. The van der Waals surface area contributed by atoms with Crippen molar-refractivity contribution in [2.45, 2.75) is 19.1 Å². The zero-order chi connectivity index (χ0) is 13.7. The number of halogens is 1. The predicted octanol–water partition coefficient (Wildman–Crippen LogP) is 2.51. The fourth-order valence-electron chi connectivity index (χ4n) is 1.73. The summed E-state index contributed by atoms with van der Waals surface area (Å²) >= 11 is 5.81. The molecule has 0 saturated heterocycles. The third-order valence-corrected chi connectivity index (χ3v) is 3.15. The van der Waals surface area contributed by atoms with Crippen LogP contribution in [0.1, 0.15) is 30.3 Å². The van der Waals surface area contributed by atoms with Gasteiger partial charge in [0.05, 0.1) is 11.8 Å². The molecule has 2 atom stereocenters. The highest BCUT2D eigenvalue weighted by atomic mass is 35.5. The second-order valence-electron chi connectivity index (χ2n) is 4.33. The highest BCUT2D eigenvalue weighted by Crippen LogP contribution is 2.17. The Morgan fingerprint density at radius 1 is 1.26 bits per heavy atom. The van der Waals surface area contributed by atoms with E-state index in [4.69, 9.17) is 11.6 Å². The first-order chi connectivity index (χ1) is 9.16. The first kappa shape index (κ1) is 13.9. The van der Waals surface area contributed by atoms with E-state index in [0.717, 1.165) is 11.3 Å². The summed E-state index contributed by atoms with van der Waals surface area (Å²) in [5.41, 5.74) is 1.69. The zero-order valence-corrected chi connectivity index (χ0v) is 11.4. The fraction of sp³-hybridized carbons (Fsp3) is 0.286. The number of aliphatic hydroxyl groups is 1. The van der Waals surface area contributed by atoms with E-state index in [1.165, 1.54) is 0 Å². The van der Waals surface area contributed by atoms with Gasteiger partial charge in [0.25, 0.3) is 0 Å². The quantitative estimate of drug-likeness (QED) is 0.882. The largest absolute Gasteiger partial charge is 0.387 e. The van der Waals surface area contributed by atoms with Crippen molar-refractivity contribution in [2.75, 3.05) is 6.54 Å². The van der Waals surface area contributed by atoms with Gasteiger partial charge in [-0.2, -0.15) is 0 Å². The van der Waals surface area contributed by atoms with E-state index in [-0.39, 0.29) is 6.04 Å². The summed E-state index contributed by atoms with van der Waals surface area (Å²) in [6.07, 6.45) is 4.44. The highest BCUT2D eigenvalue weighted by molar-refractivity contribution is 6.30. The third-order valence-electron chi connectivity index (χ3n) is 2.90. The van der Waals surface area contributed by atoms with Crippen LogP contribution in [0.25, 0.3) is 0 Å². The van der Waals surface area contributed by atoms with Crippen molar-refractivity contribution in [1.82, 2.24) is 15.3 Å². The summed E-state index contributed by atoms with van der Waals surface area (Å²) in [5.74, 6) is 0. The van der Waals surface area contributed by atoms with Crippen molar-refractivity contribution in [2.24, 2.45) is 0 Å². The van der Waals surface area contributed by atoms with Crippen LogP contribution in [0.15, 0.2) is 42.9 Å². The Labute approximate surface area is 117 Å². The summed E-state index contributed by atoms with van der Waals surface area (Å²) in [6, 6.07) is 7.22. The van der Waals surface area contributed by atoms with Gasteiger partial charge in [-0.25, -0.2) is 0 Å². The number of aromatic nitrogens is 2. The molecule has 0 saturated carbocycles. The molecule has 0 bridgehead atoms. The lowest BCUT2D eigenvalue weighted by Crippen LogP contribution is -2.25. The van der Waals surface area contributed by atoms with Crippen molar-refractivity contribution in [3.8, 4) is 0 Å². The van der Waals surface area contributed by atoms with Crippen LogP contribution in [-0.2, 0) is 0 Å². The van der Waals surface area contributed by atoms with Crippen LogP contribution in [0.3, 0.4) is 0 Å². The predicted molar refractivity (Wildman–Crippen MR) is 74.9 cm³/mol. The molecule has 0 spiro atoms. The molecule has 0 fully saturated rings. The molecule has 4 nitrogen and oxygen atoms in total. The number of hydrogen-bond acceptors (Lipinski definition) is 4. The maximum absolute atomic E-state index is 10.1. The lowest BCUT2D eigenvalue weighted by Gasteiger charge is -2.16. The molecule has 0 amide bonds. The minimum absolute atomic E-state index is 0.0376. The number of benzene rings is 1. The first-order valence-electron chi connectivity index (χ1n) is 6.09. The van der Waals surface area contributed by atoms with E-state index < -0.39 is 6.10 Å². The molecular formula is C14H16ClN3O. The number of nitrogens with zero attached hydrogens (tertiary/aromatic N) is 2. The van der Waals surface area contributed by atoms with Gasteiger partial charge >= 0.3 is 0 Å². The van der Waals surface area contributed by atoms with Crippen molar-refractivity contribution in [3.05, 3.63) is 59.1 Å². The lowest BCUT2D eigenvalue weighted by atomic mass is 10.1. The summed E-state index contributed by atoms with van der Waals surface area (Å²) in [7, 11) is 0. The van der Waals surface area contributed by atoms with Gasteiger partial charge in [-0.05, 0) is 24.6 Å². The summed E-state index contributed by atoms with van der Waals surface area (Å²) in [6.45, 7) is 2.43. The summed E-state index contributed by atoms with van der Waals surface area (Å²) in [5, 5.41) is 14.0.